The molecule has 1 heterocycles. The molecular formula is C22H32O2. The van der Waals surface area contributed by atoms with Crippen LogP contribution in [0.3, 0.4) is 0 Å². The summed E-state index contributed by atoms with van der Waals surface area (Å²) in [4.78, 5) is 0. The van der Waals surface area contributed by atoms with Crippen LogP contribution in [0.2, 0.25) is 0 Å². The largest absolute Gasteiger partial charge is 0.507 e. The first-order chi connectivity index (χ1) is 11.3. The van der Waals surface area contributed by atoms with E-state index in [2.05, 4.69) is 40.7 Å². The van der Waals surface area contributed by atoms with Crippen molar-refractivity contribution in [2.45, 2.75) is 84.7 Å². The molecule has 2 nitrogen and oxygen atoms in total. The number of aryl methyl sites for hydroxylation is 1. The van der Waals surface area contributed by atoms with Gasteiger partial charge in [-0.2, -0.15) is 0 Å². The van der Waals surface area contributed by atoms with Crippen molar-refractivity contribution in [1.82, 2.24) is 0 Å². The molecule has 2 saturated carbocycles. The number of hydrogen-bond donors (Lipinski definition) is 1. The Kier molecular flexibility index (Phi) is 3.50. The van der Waals surface area contributed by atoms with Gasteiger partial charge >= 0.3 is 0 Å². The van der Waals surface area contributed by atoms with E-state index in [1.165, 1.54) is 31.2 Å². The second kappa shape index (κ2) is 5.16. The van der Waals surface area contributed by atoms with Crippen LogP contribution in [0.25, 0.3) is 0 Å². The molecule has 132 valence electrons. The molecule has 4 rings (SSSR count). The van der Waals surface area contributed by atoms with E-state index >= 15 is 0 Å². The Morgan fingerprint density at radius 2 is 2.00 bits per heavy atom. The van der Waals surface area contributed by atoms with Gasteiger partial charge in [-0.15, -0.1) is 0 Å². The number of phenolic OH excluding ortho intramolecular Hbond substituents is 1. The lowest BCUT2D eigenvalue weighted by Crippen LogP contribution is -2.59. The average Bonchev–Trinajstić information content (AvgIpc) is 2.86. The predicted molar refractivity (Wildman–Crippen MR) is 97.8 cm³/mol. The summed E-state index contributed by atoms with van der Waals surface area (Å²) in [6.07, 6.45) is 7.12. The molecule has 4 unspecified atom stereocenters. The highest BCUT2D eigenvalue weighted by Crippen LogP contribution is 2.74. The maximum Gasteiger partial charge on any atom is 0.127 e. The summed E-state index contributed by atoms with van der Waals surface area (Å²) >= 11 is 0. The first-order valence-corrected chi connectivity index (χ1v) is 9.85. The van der Waals surface area contributed by atoms with E-state index in [-0.39, 0.29) is 11.0 Å². The summed E-state index contributed by atoms with van der Waals surface area (Å²) < 4.78 is 6.56. The summed E-state index contributed by atoms with van der Waals surface area (Å²) in [5, 5.41) is 11.0. The van der Waals surface area contributed by atoms with Crippen LogP contribution in [-0.2, 0) is 6.42 Å². The van der Waals surface area contributed by atoms with Gasteiger partial charge in [-0.1, -0.05) is 33.6 Å². The van der Waals surface area contributed by atoms with Crippen molar-refractivity contribution in [2.24, 2.45) is 17.3 Å². The summed E-state index contributed by atoms with van der Waals surface area (Å²) in [6, 6.07) is 2.25. The lowest BCUT2D eigenvalue weighted by molar-refractivity contribution is -0.121. The van der Waals surface area contributed by atoms with E-state index in [9.17, 15) is 5.11 Å². The molecule has 3 aliphatic rings. The molecule has 1 aromatic rings. The van der Waals surface area contributed by atoms with E-state index < -0.39 is 0 Å². The molecule has 1 aliphatic heterocycles. The number of aromatic hydroxyl groups is 1. The standard InChI is InChI=1S/C22H32O2/c1-6-7-8-9-14-12-16-17(20(23)13(14)2)19-18-15(21(19,3)4)10-11-22(18,5)24-16/h12,15,18-19,23H,6-11H2,1-5H3. The molecule has 0 spiro atoms. The SMILES string of the molecule is CCCCCc1cc2c(c(O)c1C)C1C3C(CCC3(C)O2)C1(C)C. The van der Waals surface area contributed by atoms with Gasteiger partial charge in [0.25, 0.3) is 0 Å². The monoisotopic (exact) mass is 328 g/mol. The number of phenols is 1. The number of fused-ring (bicyclic) bond motifs is 2. The van der Waals surface area contributed by atoms with Gasteiger partial charge in [0.1, 0.15) is 17.1 Å². The van der Waals surface area contributed by atoms with Gasteiger partial charge in [-0.05, 0) is 68.1 Å². The van der Waals surface area contributed by atoms with Crippen LogP contribution in [0.15, 0.2) is 6.07 Å². The molecule has 2 aliphatic carbocycles. The third kappa shape index (κ3) is 1.95. The first kappa shape index (κ1) is 16.3. The van der Waals surface area contributed by atoms with Gasteiger partial charge in [0.15, 0.2) is 0 Å². The highest BCUT2D eigenvalue weighted by molar-refractivity contribution is 5.58. The maximum absolute atomic E-state index is 11.0. The summed E-state index contributed by atoms with van der Waals surface area (Å²) in [6.45, 7) is 11.4. The Bertz CT molecular complexity index is 675. The van der Waals surface area contributed by atoms with Crippen molar-refractivity contribution in [1.29, 1.82) is 0 Å². The highest BCUT2D eigenvalue weighted by atomic mass is 16.5. The van der Waals surface area contributed by atoms with E-state index in [1.54, 1.807) is 0 Å². The zero-order valence-corrected chi connectivity index (χ0v) is 15.9. The molecule has 24 heavy (non-hydrogen) atoms. The molecule has 1 aromatic carbocycles. The quantitative estimate of drug-likeness (QED) is 0.715. The zero-order chi connectivity index (χ0) is 17.3. The first-order valence-electron chi connectivity index (χ1n) is 9.85. The second-order valence-corrected chi connectivity index (χ2v) is 9.26. The van der Waals surface area contributed by atoms with Gasteiger partial charge in [0.2, 0.25) is 0 Å². The van der Waals surface area contributed by atoms with Crippen LogP contribution >= 0.6 is 0 Å². The Labute approximate surface area is 146 Å². The van der Waals surface area contributed by atoms with Crippen LogP contribution in [-0.4, -0.2) is 10.7 Å². The molecule has 0 saturated heterocycles. The van der Waals surface area contributed by atoms with E-state index in [1.807, 2.05) is 0 Å². The van der Waals surface area contributed by atoms with Gasteiger partial charge in [0.05, 0.1) is 0 Å². The van der Waals surface area contributed by atoms with Gasteiger partial charge in [0, 0.05) is 17.4 Å². The molecular weight excluding hydrogens is 296 g/mol. The van der Waals surface area contributed by atoms with Crippen molar-refractivity contribution >= 4 is 0 Å². The third-order valence-electron chi connectivity index (χ3n) is 7.57. The third-order valence-corrected chi connectivity index (χ3v) is 7.57. The summed E-state index contributed by atoms with van der Waals surface area (Å²) in [5.74, 6) is 3.26. The Morgan fingerprint density at radius 3 is 2.71 bits per heavy atom. The predicted octanol–water partition coefficient (Wildman–Crippen LogP) is 5.73. The van der Waals surface area contributed by atoms with Gasteiger partial charge in [-0.3, -0.25) is 0 Å². The molecule has 0 bridgehead atoms. The minimum atomic E-state index is -0.0275. The molecule has 1 N–H and O–H groups in total. The van der Waals surface area contributed by atoms with Gasteiger partial charge < -0.3 is 9.84 Å². The van der Waals surface area contributed by atoms with Crippen LogP contribution in [0.1, 0.15) is 82.4 Å². The molecule has 4 atom stereocenters. The van der Waals surface area contributed by atoms with Crippen molar-refractivity contribution in [3.63, 3.8) is 0 Å². The maximum atomic E-state index is 11.0. The number of hydrogen-bond acceptors (Lipinski definition) is 2. The topological polar surface area (TPSA) is 29.5 Å². The highest BCUT2D eigenvalue weighted by Gasteiger charge is 2.69. The number of ether oxygens (including phenoxy) is 1. The number of benzene rings is 1. The average molecular weight is 328 g/mol. The molecule has 2 heteroatoms. The molecule has 2 fully saturated rings. The van der Waals surface area contributed by atoms with E-state index in [4.69, 9.17) is 4.74 Å². The minimum Gasteiger partial charge on any atom is -0.507 e. The lowest BCUT2D eigenvalue weighted by atomic mass is 9.45. The fraction of sp³-hybridized carbons (Fsp3) is 0.727. The number of rotatable bonds is 4. The van der Waals surface area contributed by atoms with Gasteiger partial charge in [-0.25, -0.2) is 0 Å². The Balaban J connectivity index is 1.78. The fourth-order valence-electron chi connectivity index (χ4n) is 6.16. The minimum absolute atomic E-state index is 0.0275. The van der Waals surface area contributed by atoms with Crippen LogP contribution in [0, 0.1) is 24.2 Å². The van der Waals surface area contributed by atoms with Crippen LogP contribution < -0.4 is 4.74 Å². The number of unbranched alkanes of at least 4 members (excludes halogenated alkanes) is 2. The zero-order valence-electron chi connectivity index (χ0n) is 15.9. The molecule has 0 amide bonds. The Morgan fingerprint density at radius 1 is 1.25 bits per heavy atom. The summed E-state index contributed by atoms with van der Waals surface area (Å²) in [5.41, 5.74) is 3.70. The second-order valence-electron chi connectivity index (χ2n) is 9.26. The van der Waals surface area contributed by atoms with Crippen LogP contribution in [0.5, 0.6) is 11.5 Å². The fourth-order valence-corrected chi connectivity index (χ4v) is 6.16. The summed E-state index contributed by atoms with van der Waals surface area (Å²) in [7, 11) is 0. The van der Waals surface area contributed by atoms with Crippen molar-refractivity contribution < 1.29 is 9.84 Å². The van der Waals surface area contributed by atoms with Crippen molar-refractivity contribution in [3.05, 3.63) is 22.8 Å². The molecule has 0 aromatic heterocycles. The molecule has 0 radical (unpaired) electrons. The lowest BCUT2D eigenvalue weighted by Gasteiger charge is -2.62. The van der Waals surface area contributed by atoms with Crippen molar-refractivity contribution in [3.8, 4) is 11.5 Å². The van der Waals surface area contributed by atoms with E-state index in [0.29, 0.717) is 17.6 Å². The Hall–Kier alpha value is -1.18. The van der Waals surface area contributed by atoms with Crippen molar-refractivity contribution in [2.75, 3.05) is 0 Å². The van der Waals surface area contributed by atoms with Crippen LogP contribution in [0.4, 0.5) is 0 Å². The van der Waals surface area contributed by atoms with E-state index in [0.717, 1.165) is 35.6 Å². The normalized spacial score (nSPS) is 35.0. The smallest absolute Gasteiger partial charge is 0.127 e.